The second-order valence-corrected chi connectivity index (χ2v) is 10.8. The Bertz CT molecular complexity index is 1410. The minimum absolute atomic E-state index is 0.00568. The van der Waals surface area contributed by atoms with Gasteiger partial charge in [-0.3, -0.25) is 4.72 Å². The van der Waals surface area contributed by atoms with Gasteiger partial charge in [0.05, 0.1) is 22.2 Å². The average molecular weight is 475 g/mol. The van der Waals surface area contributed by atoms with Crippen LogP contribution < -0.4 is 10.0 Å². The van der Waals surface area contributed by atoms with Crippen molar-refractivity contribution in [1.82, 2.24) is 0 Å². The molecule has 174 valence electrons. The summed E-state index contributed by atoms with van der Waals surface area (Å²) in [5.74, 6) is -0.651. The lowest BCUT2D eigenvalue weighted by Crippen LogP contribution is -2.29. The number of allylic oxidation sites excluding steroid dienone is 2. The molecule has 0 unspecified atom stereocenters. The number of carboxylic acids is 1. The highest BCUT2D eigenvalue weighted by molar-refractivity contribution is 7.92. The summed E-state index contributed by atoms with van der Waals surface area (Å²) in [6.45, 7) is 3.86. The highest BCUT2D eigenvalue weighted by Gasteiger charge is 2.38. The van der Waals surface area contributed by atoms with Crippen LogP contribution in [0.15, 0.2) is 77.7 Å². The van der Waals surface area contributed by atoms with E-state index in [1.807, 2.05) is 44.2 Å². The fraction of sp³-hybridized carbons (Fsp3) is 0.222. The van der Waals surface area contributed by atoms with E-state index in [2.05, 4.69) is 22.2 Å². The number of benzene rings is 3. The molecule has 3 aromatic carbocycles. The van der Waals surface area contributed by atoms with Crippen molar-refractivity contribution in [1.29, 1.82) is 0 Å². The molecule has 0 amide bonds. The average Bonchev–Trinajstić information content (AvgIpc) is 3.30. The fourth-order valence-corrected chi connectivity index (χ4v) is 6.20. The molecule has 1 aliphatic heterocycles. The van der Waals surface area contributed by atoms with E-state index in [4.69, 9.17) is 0 Å². The molecule has 1 aliphatic carbocycles. The summed E-state index contributed by atoms with van der Waals surface area (Å²) in [6, 6.07) is 17.8. The number of carbonyl (C=O) groups is 1. The van der Waals surface area contributed by atoms with Crippen LogP contribution in [0, 0.1) is 19.8 Å². The molecule has 6 nitrogen and oxygen atoms in total. The molecule has 0 saturated carbocycles. The quantitative estimate of drug-likeness (QED) is 0.417. The third kappa shape index (κ3) is 3.96. The van der Waals surface area contributed by atoms with Crippen molar-refractivity contribution in [2.24, 2.45) is 5.92 Å². The predicted octanol–water partition coefficient (Wildman–Crippen LogP) is 5.63. The van der Waals surface area contributed by atoms with Gasteiger partial charge in [0.1, 0.15) is 0 Å². The summed E-state index contributed by atoms with van der Waals surface area (Å²) in [6.07, 6.45) is 5.15. The van der Waals surface area contributed by atoms with E-state index >= 15 is 0 Å². The van der Waals surface area contributed by atoms with Crippen LogP contribution >= 0.6 is 0 Å². The van der Waals surface area contributed by atoms with Crippen LogP contribution in [0.3, 0.4) is 0 Å². The van der Waals surface area contributed by atoms with Crippen LogP contribution in [0.5, 0.6) is 0 Å². The zero-order valence-electron chi connectivity index (χ0n) is 18.9. The van der Waals surface area contributed by atoms with E-state index in [9.17, 15) is 18.3 Å². The second kappa shape index (κ2) is 8.33. The van der Waals surface area contributed by atoms with Gasteiger partial charge in [-0.05, 0) is 79.3 Å². The van der Waals surface area contributed by atoms with Crippen LogP contribution in [0.2, 0.25) is 0 Å². The smallest absolute Gasteiger partial charge is 0.335 e. The van der Waals surface area contributed by atoms with E-state index in [-0.39, 0.29) is 28.3 Å². The van der Waals surface area contributed by atoms with Gasteiger partial charge in [0.25, 0.3) is 10.0 Å². The highest BCUT2D eigenvalue weighted by atomic mass is 32.2. The summed E-state index contributed by atoms with van der Waals surface area (Å²) < 4.78 is 29.1. The van der Waals surface area contributed by atoms with E-state index < -0.39 is 16.0 Å². The van der Waals surface area contributed by atoms with Gasteiger partial charge in [-0.15, -0.1) is 0 Å². The summed E-state index contributed by atoms with van der Waals surface area (Å²) >= 11 is 0. The largest absolute Gasteiger partial charge is 0.478 e. The first-order valence-electron chi connectivity index (χ1n) is 11.2. The second-order valence-electron chi connectivity index (χ2n) is 9.08. The number of aryl methyl sites for hydroxylation is 2. The molecule has 2 aliphatic rings. The first-order chi connectivity index (χ1) is 16.2. The Morgan fingerprint density at radius 1 is 1.03 bits per heavy atom. The minimum atomic E-state index is -3.75. The van der Waals surface area contributed by atoms with Gasteiger partial charge in [-0.2, -0.15) is 0 Å². The van der Waals surface area contributed by atoms with Crippen molar-refractivity contribution in [3.63, 3.8) is 0 Å². The Morgan fingerprint density at radius 3 is 2.50 bits per heavy atom. The Labute approximate surface area is 199 Å². The molecule has 1 heterocycles. The van der Waals surface area contributed by atoms with Crippen molar-refractivity contribution in [3.05, 3.63) is 101 Å². The third-order valence-corrected chi connectivity index (χ3v) is 8.15. The Kier molecular flexibility index (Phi) is 5.44. The van der Waals surface area contributed by atoms with Gasteiger partial charge < -0.3 is 10.4 Å². The molecule has 0 spiro atoms. The van der Waals surface area contributed by atoms with E-state index in [1.54, 1.807) is 30.3 Å². The number of fused-ring (bicyclic) bond motifs is 3. The number of anilines is 2. The summed E-state index contributed by atoms with van der Waals surface area (Å²) in [4.78, 5) is 11.4. The number of carboxylic acid groups (broad SMARTS) is 1. The van der Waals surface area contributed by atoms with Crippen LogP contribution in [0.4, 0.5) is 11.4 Å². The standard InChI is InChI=1S/C27H26N2O4S/c1-16-6-12-24(17(2)14-16)29-34(32,33)20-11-13-25-23(15-20)21-4-3-5-22(21)26(28-25)18-7-9-19(10-8-18)27(30)31/h3-4,6-15,21-22,26,28-29H,5H2,1-2H3,(H,30,31)/t21-,22+,26+/m1/s1. The maximum Gasteiger partial charge on any atom is 0.335 e. The van der Waals surface area contributed by atoms with Gasteiger partial charge >= 0.3 is 5.97 Å². The van der Waals surface area contributed by atoms with Crippen molar-refractivity contribution in [2.75, 3.05) is 10.0 Å². The number of hydrogen-bond acceptors (Lipinski definition) is 4. The van der Waals surface area contributed by atoms with Gasteiger partial charge in [0.15, 0.2) is 0 Å². The van der Waals surface area contributed by atoms with Gasteiger partial charge in [-0.25, -0.2) is 13.2 Å². The number of rotatable bonds is 5. The molecule has 34 heavy (non-hydrogen) atoms. The van der Waals surface area contributed by atoms with Crippen LogP contribution in [-0.2, 0) is 10.0 Å². The van der Waals surface area contributed by atoms with Crippen LogP contribution in [-0.4, -0.2) is 19.5 Å². The lowest BCUT2D eigenvalue weighted by molar-refractivity contribution is 0.0697. The van der Waals surface area contributed by atoms with E-state index in [1.165, 1.54) is 0 Å². The van der Waals surface area contributed by atoms with Crippen molar-refractivity contribution < 1.29 is 18.3 Å². The monoisotopic (exact) mass is 474 g/mol. The van der Waals surface area contributed by atoms with Gasteiger partial charge in [-0.1, -0.05) is 42.0 Å². The van der Waals surface area contributed by atoms with Gasteiger partial charge in [0, 0.05) is 11.6 Å². The normalized spacial score (nSPS) is 20.8. The molecule has 7 heteroatoms. The molecule has 0 radical (unpaired) electrons. The molecule has 3 N–H and O–H groups in total. The van der Waals surface area contributed by atoms with Crippen molar-refractivity contribution in [2.45, 2.75) is 37.1 Å². The molecule has 0 bridgehead atoms. The van der Waals surface area contributed by atoms with E-state index in [0.29, 0.717) is 5.69 Å². The predicted molar refractivity (Wildman–Crippen MR) is 133 cm³/mol. The zero-order valence-corrected chi connectivity index (χ0v) is 19.8. The molecular weight excluding hydrogens is 448 g/mol. The minimum Gasteiger partial charge on any atom is -0.478 e. The Hall–Kier alpha value is -3.58. The van der Waals surface area contributed by atoms with Crippen LogP contribution in [0.25, 0.3) is 0 Å². The molecule has 0 fully saturated rings. The third-order valence-electron chi connectivity index (χ3n) is 6.79. The van der Waals surface area contributed by atoms with Gasteiger partial charge in [0.2, 0.25) is 0 Å². The molecule has 3 aromatic rings. The fourth-order valence-electron chi connectivity index (χ4n) is 5.03. The maximum atomic E-state index is 13.2. The summed E-state index contributed by atoms with van der Waals surface area (Å²) in [5.41, 5.74) is 5.65. The van der Waals surface area contributed by atoms with Crippen molar-refractivity contribution in [3.8, 4) is 0 Å². The molecule has 3 atom stereocenters. The summed E-state index contributed by atoms with van der Waals surface area (Å²) in [5, 5.41) is 12.8. The first kappa shape index (κ1) is 22.2. The Balaban J connectivity index is 1.47. The molecule has 5 rings (SSSR count). The Morgan fingerprint density at radius 2 is 1.79 bits per heavy atom. The number of sulfonamides is 1. The summed E-state index contributed by atoms with van der Waals surface area (Å²) in [7, 11) is -3.75. The lowest BCUT2D eigenvalue weighted by atomic mass is 9.77. The van der Waals surface area contributed by atoms with E-state index in [0.717, 1.165) is 34.4 Å². The SMILES string of the molecule is Cc1ccc(NS(=O)(=O)c2ccc3c(c2)[C@@H]2C=CC[C@@H]2[C@H](c2ccc(C(=O)O)cc2)N3)c(C)c1. The number of aromatic carboxylic acids is 1. The highest BCUT2D eigenvalue weighted by Crippen LogP contribution is 2.50. The lowest BCUT2D eigenvalue weighted by Gasteiger charge is -2.37. The number of hydrogen-bond donors (Lipinski definition) is 3. The number of nitrogens with one attached hydrogen (secondary N) is 2. The van der Waals surface area contributed by atoms with Crippen LogP contribution in [0.1, 0.15) is 51.0 Å². The maximum absolute atomic E-state index is 13.2. The first-order valence-corrected chi connectivity index (χ1v) is 12.7. The molecule has 0 saturated heterocycles. The van der Waals surface area contributed by atoms with Crippen molar-refractivity contribution >= 4 is 27.4 Å². The molecule has 0 aromatic heterocycles. The zero-order chi connectivity index (χ0) is 24.0. The topological polar surface area (TPSA) is 95.5 Å². The molecular formula is C27H26N2O4S.